The molecule has 0 unspecified atom stereocenters. The number of ether oxygens (including phenoxy) is 2. The molecule has 158 valence electrons. The number of morpholine rings is 1. The van der Waals surface area contributed by atoms with Gasteiger partial charge in [0.25, 0.3) is 5.91 Å². The van der Waals surface area contributed by atoms with Crippen molar-refractivity contribution < 1.29 is 23.9 Å². The van der Waals surface area contributed by atoms with E-state index >= 15 is 0 Å². The van der Waals surface area contributed by atoms with Crippen LogP contribution in [0.4, 0.5) is 0 Å². The molecule has 8 heteroatoms. The van der Waals surface area contributed by atoms with Gasteiger partial charge in [-0.05, 0) is 30.7 Å². The number of piperazine rings is 1. The first kappa shape index (κ1) is 21.1. The van der Waals surface area contributed by atoms with E-state index in [-0.39, 0.29) is 5.91 Å². The number of nitrogens with zero attached hydrogens (tertiary/aromatic N) is 3. The van der Waals surface area contributed by atoms with Gasteiger partial charge in [0.1, 0.15) is 5.75 Å². The van der Waals surface area contributed by atoms with Crippen LogP contribution in [-0.4, -0.2) is 91.5 Å². The van der Waals surface area contributed by atoms with E-state index in [1.807, 2.05) is 12.1 Å². The Morgan fingerprint density at radius 3 is 2.00 bits per heavy atom. The van der Waals surface area contributed by atoms with Crippen LogP contribution in [0.2, 0.25) is 0 Å². The topological polar surface area (TPSA) is 79.4 Å². The first-order valence-electron chi connectivity index (χ1n) is 10.3. The summed E-state index contributed by atoms with van der Waals surface area (Å²) in [7, 11) is 0. The molecule has 0 N–H and O–H groups in total. The average Bonchev–Trinajstić information content (AvgIpc) is 2.79. The highest BCUT2D eigenvalue weighted by Gasteiger charge is 2.31. The zero-order valence-electron chi connectivity index (χ0n) is 17.0. The third kappa shape index (κ3) is 5.47. The van der Waals surface area contributed by atoms with E-state index in [9.17, 15) is 14.4 Å². The Bertz CT molecular complexity index is 708. The van der Waals surface area contributed by atoms with Gasteiger partial charge in [-0.15, -0.1) is 0 Å². The van der Waals surface area contributed by atoms with E-state index in [4.69, 9.17) is 9.47 Å². The largest absolute Gasteiger partial charge is 0.494 e. The van der Waals surface area contributed by atoms with Gasteiger partial charge in [0.15, 0.2) is 0 Å². The van der Waals surface area contributed by atoms with Gasteiger partial charge in [-0.2, -0.15) is 0 Å². The lowest BCUT2D eigenvalue weighted by Crippen LogP contribution is -2.55. The van der Waals surface area contributed by atoms with Gasteiger partial charge in [0.05, 0.1) is 19.8 Å². The molecule has 0 atom stereocenters. The first-order valence-corrected chi connectivity index (χ1v) is 10.3. The van der Waals surface area contributed by atoms with Crippen molar-refractivity contribution in [3.8, 4) is 5.75 Å². The van der Waals surface area contributed by atoms with Gasteiger partial charge in [0.2, 0.25) is 0 Å². The highest BCUT2D eigenvalue weighted by Crippen LogP contribution is 2.15. The number of unbranched alkanes of at least 4 members (excludes halogenated alkanes) is 1. The normalized spacial score (nSPS) is 17.2. The SMILES string of the molecule is CCCCOc1ccc(C(=O)N2CCN(C(=O)C(=O)N3CCOCC3)CC2)cc1. The third-order valence-corrected chi connectivity index (χ3v) is 5.20. The lowest BCUT2D eigenvalue weighted by molar-refractivity contribution is -0.154. The van der Waals surface area contributed by atoms with Crippen LogP contribution in [0, 0.1) is 0 Å². The molecule has 3 amide bonds. The Hall–Kier alpha value is -2.61. The molecule has 2 heterocycles. The van der Waals surface area contributed by atoms with Crippen molar-refractivity contribution >= 4 is 17.7 Å². The number of hydrogen-bond donors (Lipinski definition) is 0. The van der Waals surface area contributed by atoms with Crippen LogP contribution < -0.4 is 4.74 Å². The monoisotopic (exact) mass is 403 g/mol. The maximum Gasteiger partial charge on any atom is 0.312 e. The smallest absolute Gasteiger partial charge is 0.312 e. The Morgan fingerprint density at radius 1 is 0.862 bits per heavy atom. The predicted octanol–water partition coefficient (Wildman–Crippen LogP) is 1.01. The number of benzene rings is 1. The fraction of sp³-hybridized carbons (Fsp3) is 0.571. The minimum absolute atomic E-state index is 0.0725. The summed E-state index contributed by atoms with van der Waals surface area (Å²) >= 11 is 0. The molecule has 3 rings (SSSR count). The second-order valence-electron chi connectivity index (χ2n) is 7.22. The molecule has 2 saturated heterocycles. The van der Waals surface area contributed by atoms with Crippen LogP contribution >= 0.6 is 0 Å². The summed E-state index contributed by atoms with van der Waals surface area (Å²) in [5.74, 6) is -0.289. The molecule has 0 bridgehead atoms. The molecular formula is C21H29N3O5. The van der Waals surface area contributed by atoms with E-state index < -0.39 is 11.8 Å². The number of carbonyl (C=O) groups is 3. The van der Waals surface area contributed by atoms with Crippen LogP contribution in [0.3, 0.4) is 0 Å². The van der Waals surface area contributed by atoms with Crippen LogP contribution in [0.25, 0.3) is 0 Å². The molecule has 2 fully saturated rings. The molecule has 1 aromatic rings. The summed E-state index contributed by atoms with van der Waals surface area (Å²) in [6.45, 7) is 6.14. The zero-order valence-corrected chi connectivity index (χ0v) is 17.0. The van der Waals surface area contributed by atoms with Crippen molar-refractivity contribution in [3.05, 3.63) is 29.8 Å². The van der Waals surface area contributed by atoms with Gasteiger partial charge < -0.3 is 24.2 Å². The van der Waals surface area contributed by atoms with Crippen molar-refractivity contribution in [1.82, 2.24) is 14.7 Å². The third-order valence-electron chi connectivity index (χ3n) is 5.20. The fourth-order valence-electron chi connectivity index (χ4n) is 3.36. The first-order chi connectivity index (χ1) is 14.1. The van der Waals surface area contributed by atoms with Crippen molar-refractivity contribution in [3.63, 3.8) is 0 Å². The van der Waals surface area contributed by atoms with Gasteiger partial charge in [-0.1, -0.05) is 13.3 Å². The van der Waals surface area contributed by atoms with Crippen LogP contribution in [0.15, 0.2) is 24.3 Å². The lowest BCUT2D eigenvalue weighted by Gasteiger charge is -2.35. The van der Waals surface area contributed by atoms with Crippen molar-refractivity contribution in [2.45, 2.75) is 19.8 Å². The van der Waals surface area contributed by atoms with Gasteiger partial charge in [-0.25, -0.2) is 0 Å². The Morgan fingerprint density at radius 2 is 1.41 bits per heavy atom. The summed E-state index contributed by atoms with van der Waals surface area (Å²) in [6, 6.07) is 7.15. The molecule has 2 aliphatic heterocycles. The fourth-order valence-corrected chi connectivity index (χ4v) is 3.36. The maximum absolute atomic E-state index is 12.7. The molecule has 1 aromatic carbocycles. The summed E-state index contributed by atoms with van der Waals surface area (Å²) in [6.07, 6.45) is 2.07. The second kappa shape index (κ2) is 10.2. The molecule has 0 saturated carbocycles. The minimum Gasteiger partial charge on any atom is -0.494 e. The average molecular weight is 403 g/mol. The number of hydrogen-bond acceptors (Lipinski definition) is 5. The number of rotatable bonds is 5. The van der Waals surface area contributed by atoms with Gasteiger partial charge in [0, 0.05) is 44.8 Å². The molecule has 0 aliphatic carbocycles. The van der Waals surface area contributed by atoms with E-state index in [0.717, 1.165) is 18.6 Å². The quantitative estimate of drug-likeness (QED) is 0.542. The van der Waals surface area contributed by atoms with Gasteiger partial charge in [-0.3, -0.25) is 14.4 Å². The Balaban J connectivity index is 1.48. The van der Waals surface area contributed by atoms with Crippen LogP contribution in [0.1, 0.15) is 30.1 Å². The van der Waals surface area contributed by atoms with E-state index in [0.29, 0.717) is 64.7 Å². The summed E-state index contributed by atoms with van der Waals surface area (Å²) < 4.78 is 10.8. The Kier molecular flexibility index (Phi) is 7.46. The number of carbonyl (C=O) groups excluding carboxylic acids is 3. The highest BCUT2D eigenvalue weighted by atomic mass is 16.5. The standard InChI is InChI=1S/C21H29N3O5/c1-2-3-14-29-18-6-4-17(5-7-18)19(25)22-8-10-23(11-9-22)20(26)21(27)24-12-15-28-16-13-24/h4-7H,2-3,8-16H2,1H3. The summed E-state index contributed by atoms with van der Waals surface area (Å²) in [5, 5.41) is 0. The molecule has 0 aromatic heterocycles. The van der Waals surface area contributed by atoms with Gasteiger partial charge >= 0.3 is 11.8 Å². The second-order valence-corrected chi connectivity index (χ2v) is 7.22. The lowest BCUT2D eigenvalue weighted by atomic mass is 10.1. The summed E-state index contributed by atoms with van der Waals surface area (Å²) in [4.78, 5) is 42.3. The molecule has 8 nitrogen and oxygen atoms in total. The molecule has 0 spiro atoms. The van der Waals surface area contributed by atoms with E-state index in [1.165, 1.54) is 9.80 Å². The predicted molar refractivity (Wildman–Crippen MR) is 107 cm³/mol. The van der Waals surface area contributed by atoms with E-state index in [1.54, 1.807) is 17.0 Å². The van der Waals surface area contributed by atoms with E-state index in [2.05, 4.69) is 6.92 Å². The molecule has 2 aliphatic rings. The zero-order chi connectivity index (χ0) is 20.6. The van der Waals surface area contributed by atoms with Crippen molar-refractivity contribution in [2.75, 3.05) is 59.1 Å². The minimum atomic E-state index is -0.493. The van der Waals surface area contributed by atoms with Crippen molar-refractivity contribution in [1.29, 1.82) is 0 Å². The molecular weight excluding hydrogens is 374 g/mol. The summed E-state index contributed by atoms with van der Waals surface area (Å²) in [5.41, 5.74) is 0.594. The molecule has 0 radical (unpaired) electrons. The van der Waals surface area contributed by atoms with Crippen LogP contribution in [-0.2, 0) is 14.3 Å². The maximum atomic E-state index is 12.7. The van der Waals surface area contributed by atoms with Crippen LogP contribution in [0.5, 0.6) is 5.75 Å². The highest BCUT2D eigenvalue weighted by molar-refractivity contribution is 6.34. The number of amides is 3. The molecule has 29 heavy (non-hydrogen) atoms. The van der Waals surface area contributed by atoms with Crippen molar-refractivity contribution in [2.24, 2.45) is 0 Å². The Labute approximate surface area is 171 Å².